The van der Waals surface area contributed by atoms with Gasteiger partial charge in [-0.2, -0.15) is 0 Å². The maximum Gasteiger partial charge on any atom is 0.210 e. The SMILES string of the molecule is O=C(CCCN1CCCCC1)C1CCC(n2c(Nc3ccccc3F)nc3cnc(CC4CCC(O)CC4)nc32)CC1. The lowest BCUT2D eigenvalue weighted by Crippen LogP contribution is -2.31. The Balaban J connectivity index is 1.17. The van der Waals surface area contributed by atoms with Gasteiger partial charge in [-0.3, -0.25) is 9.36 Å². The minimum Gasteiger partial charge on any atom is -0.393 e. The van der Waals surface area contributed by atoms with E-state index in [0.29, 0.717) is 35.3 Å². The fourth-order valence-electron chi connectivity index (χ4n) is 7.27. The van der Waals surface area contributed by atoms with Gasteiger partial charge in [-0.1, -0.05) is 18.6 Å². The molecule has 9 heteroatoms. The molecule has 0 radical (unpaired) electrons. The first-order valence-corrected chi connectivity index (χ1v) is 16.2. The second kappa shape index (κ2) is 13.6. The van der Waals surface area contributed by atoms with Gasteiger partial charge in [0.05, 0.1) is 18.0 Å². The lowest BCUT2D eigenvalue weighted by molar-refractivity contribution is -0.124. The van der Waals surface area contributed by atoms with Crippen LogP contribution in [0.4, 0.5) is 16.0 Å². The van der Waals surface area contributed by atoms with Gasteiger partial charge < -0.3 is 15.3 Å². The highest BCUT2D eigenvalue weighted by molar-refractivity contribution is 5.81. The van der Waals surface area contributed by atoms with E-state index in [1.54, 1.807) is 24.4 Å². The number of para-hydroxylation sites is 1. The first-order valence-electron chi connectivity index (χ1n) is 16.2. The molecule has 2 saturated carbocycles. The third-order valence-corrected chi connectivity index (χ3v) is 9.75. The lowest BCUT2D eigenvalue weighted by atomic mass is 9.82. The molecule has 0 bridgehead atoms. The first-order chi connectivity index (χ1) is 20.5. The van der Waals surface area contributed by atoms with Crippen molar-refractivity contribution >= 4 is 28.6 Å². The molecule has 0 unspecified atom stereocenters. The molecule has 1 aliphatic heterocycles. The van der Waals surface area contributed by atoms with Gasteiger partial charge in [-0.15, -0.1) is 0 Å². The molecular weight excluding hydrogens is 531 g/mol. The number of Topliss-reactive ketones (excluding diaryl/α,β-unsaturated/α-hetero) is 1. The van der Waals surface area contributed by atoms with Crippen LogP contribution in [-0.2, 0) is 11.2 Å². The number of hydrogen-bond acceptors (Lipinski definition) is 7. The lowest BCUT2D eigenvalue weighted by Gasteiger charge is -2.30. The average molecular weight is 577 g/mol. The Kier molecular flexibility index (Phi) is 9.44. The fourth-order valence-corrected chi connectivity index (χ4v) is 7.27. The Labute approximate surface area is 248 Å². The molecule has 2 aliphatic carbocycles. The number of aromatic nitrogens is 4. The van der Waals surface area contributed by atoms with Gasteiger partial charge in [0.2, 0.25) is 5.95 Å². The molecule has 0 spiro atoms. The van der Waals surface area contributed by atoms with Crippen molar-refractivity contribution in [1.82, 2.24) is 24.4 Å². The summed E-state index contributed by atoms with van der Waals surface area (Å²) in [6.07, 6.45) is 15.0. The van der Waals surface area contributed by atoms with Gasteiger partial charge in [0, 0.05) is 24.8 Å². The number of piperidine rings is 1. The van der Waals surface area contributed by atoms with Crippen LogP contribution >= 0.6 is 0 Å². The standard InChI is InChI=1S/C33H45FN6O2/c34-27-7-2-3-8-28(27)36-33-37-29-22-35-31(21-23-10-16-26(41)17-11-23)38-32(29)40(33)25-14-12-24(13-15-25)30(42)9-6-20-39-18-4-1-5-19-39/h2-3,7-8,22-26,41H,1,4-6,9-21H2,(H,36,37). The van der Waals surface area contributed by atoms with Crippen molar-refractivity contribution < 1.29 is 14.3 Å². The number of halogens is 1. The van der Waals surface area contributed by atoms with E-state index in [-0.39, 0.29) is 23.9 Å². The second-order valence-electron chi connectivity index (χ2n) is 12.8. The molecule has 3 fully saturated rings. The van der Waals surface area contributed by atoms with Gasteiger partial charge in [-0.05, 0) is 108 Å². The maximum atomic E-state index is 14.6. The van der Waals surface area contributed by atoms with E-state index in [9.17, 15) is 14.3 Å². The number of likely N-dealkylation sites (tertiary alicyclic amines) is 1. The number of aliphatic hydroxyl groups excluding tert-OH is 1. The zero-order chi connectivity index (χ0) is 28.9. The van der Waals surface area contributed by atoms with E-state index in [4.69, 9.17) is 9.97 Å². The van der Waals surface area contributed by atoms with E-state index in [2.05, 4.69) is 19.8 Å². The summed E-state index contributed by atoms with van der Waals surface area (Å²) in [4.78, 5) is 30.1. The summed E-state index contributed by atoms with van der Waals surface area (Å²) in [5, 5.41) is 13.1. The molecule has 3 aromatic rings. The molecule has 42 heavy (non-hydrogen) atoms. The van der Waals surface area contributed by atoms with Crippen LogP contribution in [0.25, 0.3) is 11.2 Å². The van der Waals surface area contributed by atoms with Crippen LogP contribution in [0.1, 0.15) is 95.3 Å². The summed E-state index contributed by atoms with van der Waals surface area (Å²) in [5.41, 5.74) is 1.83. The van der Waals surface area contributed by atoms with E-state index in [1.165, 1.54) is 38.4 Å². The molecule has 1 saturated heterocycles. The number of hydrogen-bond donors (Lipinski definition) is 2. The van der Waals surface area contributed by atoms with Gasteiger partial charge in [0.25, 0.3) is 0 Å². The van der Waals surface area contributed by atoms with Crippen molar-refractivity contribution in [3.8, 4) is 0 Å². The first kappa shape index (κ1) is 29.2. The highest BCUT2D eigenvalue weighted by atomic mass is 19.1. The highest BCUT2D eigenvalue weighted by Crippen LogP contribution is 2.38. The number of fused-ring (bicyclic) bond motifs is 1. The normalized spacial score (nSPS) is 25.5. The van der Waals surface area contributed by atoms with Crippen LogP contribution in [0.3, 0.4) is 0 Å². The second-order valence-corrected chi connectivity index (χ2v) is 12.8. The Morgan fingerprint density at radius 1 is 0.976 bits per heavy atom. The average Bonchev–Trinajstić information content (AvgIpc) is 3.37. The summed E-state index contributed by atoms with van der Waals surface area (Å²) >= 11 is 0. The summed E-state index contributed by atoms with van der Waals surface area (Å²) in [7, 11) is 0. The zero-order valence-corrected chi connectivity index (χ0v) is 24.7. The van der Waals surface area contributed by atoms with Crippen molar-refractivity contribution in [2.45, 2.75) is 102 Å². The molecule has 3 heterocycles. The largest absolute Gasteiger partial charge is 0.393 e. The quantitative estimate of drug-likeness (QED) is 0.290. The molecule has 2 N–H and O–H groups in total. The summed E-state index contributed by atoms with van der Waals surface area (Å²) in [5.74, 6) is 2.02. The molecule has 8 nitrogen and oxygen atoms in total. The van der Waals surface area contributed by atoms with Gasteiger partial charge in [0.15, 0.2) is 5.65 Å². The van der Waals surface area contributed by atoms with Crippen molar-refractivity contribution in [3.63, 3.8) is 0 Å². The Morgan fingerprint density at radius 2 is 1.74 bits per heavy atom. The van der Waals surface area contributed by atoms with Crippen molar-refractivity contribution in [2.75, 3.05) is 25.0 Å². The van der Waals surface area contributed by atoms with E-state index < -0.39 is 0 Å². The van der Waals surface area contributed by atoms with Crippen LogP contribution in [0.2, 0.25) is 0 Å². The molecule has 0 atom stereocenters. The maximum absolute atomic E-state index is 14.6. The van der Waals surface area contributed by atoms with Crippen molar-refractivity contribution in [1.29, 1.82) is 0 Å². The number of rotatable bonds is 10. The Morgan fingerprint density at radius 3 is 2.50 bits per heavy atom. The van der Waals surface area contributed by atoms with Crippen LogP contribution in [0.5, 0.6) is 0 Å². The third-order valence-electron chi connectivity index (χ3n) is 9.75. The number of carbonyl (C=O) groups excluding carboxylic acids is 1. The number of anilines is 2. The van der Waals surface area contributed by atoms with Crippen LogP contribution < -0.4 is 5.32 Å². The summed E-state index contributed by atoms with van der Waals surface area (Å²) in [6.45, 7) is 3.39. The van der Waals surface area contributed by atoms with Crippen LogP contribution in [0.15, 0.2) is 30.5 Å². The smallest absolute Gasteiger partial charge is 0.210 e. The van der Waals surface area contributed by atoms with Gasteiger partial charge >= 0.3 is 0 Å². The molecule has 3 aliphatic rings. The summed E-state index contributed by atoms with van der Waals surface area (Å²) in [6, 6.07) is 6.76. The number of nitrogens with one attached hydrogen (secondary N) is 1. The van der Waals surface area contributed by atoms with E-state index >= 15 is 0 Å². The highest BCUT2D eigenvalue weighted by Gasteiger charge is 2.30. The Bertz CT molecular complexity index is 1340. The summed E-state index contributed by atoms with van der Waals surface area (Å²) < 4.78 is 16.8. The van der Waals surface area contributed by atoms with Gasteiger partial charge in [0.1, 0.15) is 22.9 Å². The van der Waals surface area contributed by atoms with Crippen LogP contribution in [-0.4, -0.2) is 61.0 Å². The number of ketones is 1. The molecule has 226 valence electrons. The molecule has 1 aromatic carbocycles. The molecule has 2 aromatic heterocycles. The van der Waals surface area contributed by atoms with Crippen molar-refractivity contribution in [2.24, 2.45) is 11.8 Å². The molecular formula is C33H45FN6O2. The number of imidazole rings is 1. The Hall–Kier alpha value is -2.91. The number of aliphatic hydroxyl groups is 1. The fraction of sp³-hybridized carbons (Fsp3) is 0.636. The predicted octanol–water partition coefficient (Wildman–Crippen LogP) is 6.37. The minimum atomic E-state index is -0.332. The van der Waals surface area contributed by atoms with E-state index in [0.717, 1.165) is 82.2 Å². The monoisotopic (exact) mass is 576 g/mol. The van der Waals surface area contributed by atoms with E-state index in [1.807, 2.05) is 0 Å². The predicted molar refractivity (Wildman–Crippen MR) is 162 cm³/mol. The number of nitrogens with zero attached hydrogens (tertiary/aromatic N) is 5. The zero-order valence-electron chi connectivity index (χ0n) is 24.7. The number of benzene rings is 1. The number of carbonyl (C=O) groups is 1. The van der Waals surface area contributed by atoms with Crippen molar-refractivity contribution in [3.05, 3.63) is 42.1 Å². The topological polar surface area (TPSA) is 96.2 Å². The molecule has 6 rings (SSSR count). The van der Waals surface area contributed by atoms with Gasteiger partial charge in [-0.25, -0.2) is 19.3 Å². The minimum absolute atomic E-state index is 0.118. The third kappa shape index (κ3) is 7.00. The molecule has 0 amide bonds. The van der Waals surface area contributed by atoms with Crippen LogP contribution in [0, 0.1) is 17.7 Å².